The summed E-state index contributed by atoms with van der Waals surface area (Å²) in [7, 11) is 2.07. The molecule has 1 aliphatic carbocycles. The Morgan fingerprint density at radius 2 is 1.84 bits per heavy atom. The molecule has 0 bridgehead atoms. The Morgan fingerprint density at radius 1 is 1.26 bits per heavy atom. The van der Waals surface area contributed by atoms with E-state index in [1.54, 1.807) is 0 Å². The number of nitrogens with one attached hydrogen (secondary N) is 1. The van der Waals surface area contributed by atoms with Gasteiger partial charge in [-0.3, -0.25) is 0 Å². The second-order valence-corrected chi connectivity index (χ2v) is 7.00. The summed E-state index contributed by atoms with van der Waals surface area (Å²) >= 11 is 0. The van der Waals surface area contributed by atoms with Crippen LogP contribution in [0.4, 0.5) is 0 Å². The molecule has 0 aromatic carbocycles. The highest BCUT2D eigenvalue weighted by molar-refractivity contribution is 5.00. The largest absolute Gasteiger partial charge is 0.374 e. The predicted molar refractivity (Wildman–Crippen MR) is 83.5 cm³/mol. The Morgan fingerprint density at radius 3 is 2.26 bits per heavy atom. The average molecular weight is 267 g/mol. The Kier molecular flexibility index (Phi) is 6.07. The van der Waals surface area contributed by atoms with E-state index in [2.05, 4.69) is 46.6 Å². The van der Waals surface area contributed by atoms with Crippen molar-refractivity contribution in [2.45, 2.75) is 77.9 Å². The molecule has 1 aliphatic rings. The monoisotopic (exact) mass is 267 g/mol. The molecule has 0 spiro atoms. The number of likely N-dealkylation sites (N-methyl/N-ethyl adjacent to an activating group) is 1. The van der Waals surface area contributed by atoms with Crippen molar-refractivity contribution in [2.75, 3.05) is 13.7 Å². The highest BCUT2D eigenvalue weighted by Crippen LogP contribution is 2.44. The van der Waals surface area contributed by atoms with Crippen molar-refractivity contribution in [3.8, 4) is 0 Å². The Hall–Kier alpha value is -0.340. The van der Waals surface area contributed by atoms with Crippen molar-refractivity contribution in [1.82, 2.24) is 5.32 Å². The fraction of sp³-hybridized carbons (Fsp3) is 0.882. The molecule has 0 saturated heterocycles. The van der Waals surface area contributed by atoms with E-state index in [1.807, 2.05) is 0 Å². The van der Waals surface area contributed by atoms with E-state index in [-0.39, 0.29) is 5.60 Å². The van der Waals surface area contributed by atoms with E-state index >= 15 is 0 Å². The first-order chi connectivity index (χ1) is 8.85. The summed E-state index contributed by atoms with van der Waals surface area (Å²) in [6, 6.07) is 0.445. The zero-order valence-corrected chi connectivity index (χ0v) is 13.6. The third kappa shape index (κ3) is 4.61. The van der Waals surface area contributed by atoms with Gasteiger partial charge in [0.25, 0.3) is 0 Å². The Balaban J connectivity index is 2.76. The quantitative estimate of drug-likeness (QED) is 0.694. The van der Waals surface area contributed by atoms with E-state index in [4.69, 9.17) is 4.74 Å². The van der Waals surface area contributed by atoms with Crippen LogP contribution in [0.25, 0.3) is 0 Å². The first-order valence-electron chi connectivity index (χ1n) is 7.81. The third-order valence-electron chi connectivity index (χ3n) is 4.73. The summed E-state index contributed by atoms with van der Waals surface area (Å²) < 4.78 is 6.26. The number of rotatable bonds is 7. The fourth-order valence-corrected chi connectivity index (χ4v) is 3.29. The maximum absolute atomic E-state index is 6.26. The first-order valence-corrected chi connectivity index (χ1v) is 7.81. The molecule has 2 nitrogen and oxygen atoms in total. The SMILES string of the molecule is C=C(C)CCC(NC)C1(OCC)CCC(C)(C)CC1. The summed E-state index contributed by atoms with van der Waals surface area (Å²) in [6.45, 7) is 13.8. The number of ether oxygens (including phenoxy) is 1. The van der Waals surface area contributed by atoms with Crippen LogP contribution in [0, 0.1) is 5.41 Å². The predicted octanol–water partition coefficient (Wildman–Crippen LogP) is 4.31. The summed E-state index contributed by atoms with van der Waals surface area (Å²) in [5.74, 6) is 0. The van der Waals surface area contributed by atoms with E-state index in [9.17, 15) is 0 Å². The van der Waals surface area contributed by atoms with Gasteiger partial charge in [0.2, 0.25) is 0 Å². The molecule has 0 radical (unpaired) electrons. The van der Waals surface area contributed by atoms with Gasteiger partial charge in [0.1, 0.15) is 0 Å². The second-order valence-electron chi connectivity index (χ2n) is 7.00. The summed E-state index contributed by atoms with van der Waals surface area (Å²) in [6.07, 6.45) is 7.09. The molecule has 1 saturated carbocycles. The van der Waals surface area contributed by atoms with Crippen LogP contribution < -0.4 is 5.32 Å². The lowest BCUT2D eigenvalue weighted by molar-refractivity contribution is -0.106. The van der Waals surface area contributed by atoms with Crippen molar-refractivity contribution in [3.05, 3.63) is 12.2 Å². The maximum Gasteiger partial charge on any atom is 0.0835 e. The van der Waals surface area contributed by atoms with Crippen molar-refractivity contribution < 1.29 is 4.74 Å². The third-order valence-corrected chi connectivity index (χ3v) is 4.73. The van der Waals surface area contributed by atoms with Gasteiger partial charge in [0.15, 0.2) is 0 Å². The molecule has 1 atom stereocenters. The summed E-state index contributed by atoms with van der Waals surface area (Å²) in [5.41, 5.74) is 1.78. The van der Waals surface area contributed by atoms with E-state index in [1.165, 1.54) is 31.3 Å². The molecule has 0 aliphatic heterocycles. The van der Waals surface area contributed by atoms with Crippen LogP contribution in [0.5, 0.6) is 0 Å². The lowest BCUT2D eigenvalue weighted by Crippen LogP contribution is -2.54. The molecule has 2 heteroatoms. The van der Waals surface area contributed by atoms with Gasteiger partial charge in [-0.2, -0.15) is 0 Å². The molecule has 1 rings (SSSR count). The lowest BCUT2D eigenvalue weighted by atomic mass is 9.67. The van der Waals surface area contributed by atoms with Gasteiger partial charge in [-0.05, 0) is 64.8 Å². The van der Waals surface area contributed by atoms with Crippen LogP contribution in [0.2, 0.25) is 0 Å². The normalized spacial score (nSPS) is 23.0. The van der Waals surface area contributed by atoms with Crippen molar-refractivity contribution >= 4 is 0 Å². The van der Waals surface area contributed by atoms with Crippen LogP contribution in [-0.2, 0) is 4.74 Å². The van der Waals surface area contributed by atoms with E-state index in [0.717, 1.165) is 19.4 Å². The van der Waals surface area contributed by atoms with Gasteiger partial charge in [0, 0.05) is 12.6 Å². The van der Waals surface area contributed by atoms with Gasteiger partial charge in [0.05, 0.1) is 5.60 Å². The zero-order valence-electron chi connectivity index (χ0n) is 13.6. The van der Waals surface area contributed by atoms with Crippen LogP contribution in [0.3, 0.4) is 0 Å². The van der Waals surface area contributed by atoms with Gasteiger partial charge < -0.3 is 10.1 Å². The molecule has 1 fully saturated rings. The molecule has 0 heterocycles. The van der Waals surface area contributed by atoms with Crippen LogP contribution in [-0.4, -0.2) is 25.3 Å². The van der Waals surface area contributed by atoms with Gasteiger partial charge in [-0.25, -0.2) is 0 Å². The minimum atomic E-state index is 0.0362. The van der Waals surface area contributed by atoms with Crippen LogP contribution >= 0.6 is 0 Å². The van der Waals surface area contributed by atoms with Crippen LogP contribution in [0.15, 0.2) is 12.2 Å². The minimum absolute atomic E-state index is 0.0362. The van der Waals surface area contributed by atoms with Gasteiger partial charge >= 0.3 is 0 Å². The van der Waals surface area contributed by atoms with E-state index < -0.39 is 0 Å². The summed E-state index contributed by atoms with van der Waals surface area (Å²) in [4.78, 5) is 0. The van der Waals surface area contributed by atoms with Crippen LogP contribution in [0.1, 0.15) is 66.2 Å². The molecule has 1 unspecified atom stereocenters. The number of allylic oxidation sites excluding steroid dienone is 1. The van der Waals surface area contributed by atoms with Gasteiger partial charge in [-0.1, -0.05) is 19.4 Å². The lowest BCUT2D eigenvalue weighted by Gasteiger charge is -2.47. The summed E-state index contributed by atoms with van der Waals surface area (Å²) in [5, 5.41) is 3.51. The number of hydrogen-bond donors (Lipinski definition) is 1. The maximum atomic E-state index is 6.26. The molecule has 1 N–H and O–H groups in total. The molecular formula is C17H33NO. The van der Waals surface area contributed by atoms with E-state index in [0.29, 0.717) is 11.5 Å². The smallest absolute Gasteiger partial charge is 0.0835 e. The highest BCUT2D eigenvalue weighted by atomic mass is 16.5. The molecule has 0 aromatic heterocycles. The Bertz CT molecular complexity index is 286. The molecule has 0 amide bonds. The standard InChI is InChI=1S/C17H33NO/c1-7-19-17(12-10-16(4,5)11-13-17)15(18-6)9-8-14(2)3/h15,18H,2,7-13H2,1,3-6H3. The molecular weight excluding hydrogens is 234 g/mol. The number of hydrogen-bond acceptors (Lipinski definition) is 2. The first kappa shape index (κ1) is 16.7. The zero-order chi connectivity index (χ0) is 14.5. The topological polar surface area (TPSA) is 21.3 Å². The van der Waals surface area contributed by atoms with Crippen molar-refractivity contribution in [3.63, 3.8) is 0 Å². The molecule has 112 valence electrons. The second kappa shape index (κ2) is 6.90. The average Bonchev–Trinajstić information content (AvgIpc) is 2.33. The Labute approximate surface area is 120 Å². The fourth-order valence-electron chi connectivity index (χ4n) is 3.29. The van der Waals surface area contributed by atoms with Crippen molar-refractivity contribution in [2.24, 2.45) is 5.41 Å². The van der Waals surface area contributed by atoms with Gasteiger partial charge in [-0.15, -0.1) is 6.58 Å². The highest BCUT2D eigenvalue weighted by Gasteiger charge is 2.43. The minimum Gasteiger partial charge on any atom is -0.374 e. The molecule has 19 heavy (non-hydrogen) atoms. The molecule has 0 aromatic rings. The van der Waals surface area contributed by atoms with Crippen molar-refractivity contribution in [1.29, 1.82) is 0 Å².